The zero-order valence-electron chi connectivity index (χ0n) is 15.4. The van der Waals surface area contributed by atoms with Crippen molar-refractivity contribution in [1.82, 2.24) is 25.4 Å². The van der Waals surface area contributed by atoms with Gasteiger partial charge in [-0.3, -0.25) is 4.99 Å². The Morgan fingerprint density at radius 3 is 2.88 bits per heavy atom. The van der Waals surface area contributed by atoms with Crippen LogP contribution in [0.1, 0.15) is 43.1 Å². The number of nitrogens with one attached hydrogen (secondary N) is 2. The maximum Gasteiger partial charge on any atom is 0.190 e. The van der Waals surface area contributed by atoms with Gasteiger partial charge in [-0.2, -0.15) is 0 Å². The SMILES string of the molecule is CN=C(NCCCc1nnc2n1CCCCC2)NCCc1ccco1.I. The van der Waals surface area contributed by atoms with E-state index >= 15 is 0 Å². The van der Waals surface area contributed by atoms with Gasteiger partial charge in [-0.1, -0.05) is 6.42 Å². The molecule has 0 fully saturated rings. The van der Waals surface area contributed by atoms with E-state index in [2.05, 4.69) is 30.4 Å². The van der Waals surface area contributed by atoms with E-state index in [0.29, 0.717) is 0 Å². The monoisotopic (exact) mass is 472 g/mol. The molecule has 1 aliphatic heterocycles. The van der Waals surface area contributed by atoms with Crippen molar-refractivity contribution in [2.45, 2.75) is 51.5 Å². The molecule has 0 spiro atoms. The number of guanidine groups is 1. The summed E-state index contributed by atoms with van der Waals surface area (Å²) in [5.41, 5.74) is 0. The molecule has 2 aromatic heterocycles. The minimum Gasteiger partial charge on any atom is -0.469 e. The largest absolute Gasteiger partial charge is 0.469 e. The maximum absolute atomic E-state index is 5.33. The van der Waals surface area contributed by atoms with Gasteiger partial charge in [-0.05, 0) is 31.4 Å². The smallest absolute Gasteiger partial charge is 0.190 e. The van der Waals surface area contributed by atoms with E-state index in [1.54, 1.807) is 13.3 Å². The van der Waals surface area contributed by atoms with Crippen molar-refractivity contribution in [2.24, 2.45) is 4.99 Å². The molecule has 3 heterocycles. The Labute approximate surface area is 172 Å². The zero-order valence-corrected chi connectivity index (χ0v) is 17.7. The Balaban J connectivity index is 0.00000243. The van der Waals surface area contributed by atoms with E-state index < -0.39 is 0 Å². The highest BCUT2D eigenvalue weighted by molar-refractivity contribution is 14.0. The average Bonchev–Trinajstić information content (AvgIpc) is 3.22. The number of aliphatic imine (C=N–C) groups is 1. The van der Waals surface area contributed by atoms with E-state index in [0.717, 1.165) is 68.7 Å². The van der Waals surface area contributed by atoms with Crippen molar-refractivity contribution >= 4 is 29.9 Å². The molecule has 2 N–H and O–H groups in total. The molecular formula is C18H29IN6O. The molecule has 0 aliphatic carbocycles. The summed E-state index contributed by atoms with van der Waals surface area (Å²) in [4.78, 5) is 4.25. The van der Waals surface area contributed by atoms with Crippen molar-refractivity contribution in [3.63, 3.8) is 0 Å². The zero-order chi connectivity index (χ0) is 17.3. The molecule has 2 aromatic rings. The van der Waals surface area contributed by atoms with Crippen molar-refractivity contribution in [3.8, 4) is 0 Å². The molecule has 0 saturated heterocycles. The highest BCUT2D eigenvalue weighted by Gasteiger charge is 2.14. The summed E-state index contributed by atoms with van der Waals surface area (Å²) >= 11 is 0. The summed E-state index contributed by atoms with van der Waals surface area (Å²) in [6, 6.07) is 3.90. The van der Waals surface area contributed by atoms with Crippen LogP contribution in [-0.4, -0.2) is 40.9 Å². The number of rotatable bonds is 7. The summed E-state index contributed by atoms with van der Waals surface area (Å²) in [6.45, 7) is 2.73. The Morgan fingerprint density at radius 2 is 2.08 bits per heavy atom. The van der Waals surface area contributed by atoms with Crippen LogP contribution in [0, 0.1) is 0 Å². The van der Waals surface area contributed by atoms with E-state index in [4.69, 9.17) is 4.42 Å². The second-order valence-electron chi connectivity index (χ2n) is 6.35. The first-order chi connectivity index (χ1) is 12.4. The van der Waals surface area contributed by atoms with Crippen LogP contribution in [0.25, 0.3) is 0 Å². The van der Waals surface area contributed by atoms with Crippen molar-refractivity contribution in [1.29, 1.82) is 0 Å². The van der Waals surface area contributed by atoms with Gasteiger partial charge in [0.15, 0.2) is 5.96 Å². The lowest BCUT2D eigenvalue weighted by Crippen LogP contribution is -2.38. The number of halogens is 1. The van der Waals surface area contributed by atoms with Crippen LogP contribution < -0.4 is 10.6 Å². The first kappa shape index (κ1) is 20.7. The summed E-state index contributed by atoms with van der Waals surface area (Å²) in [6.07, 6.45) is 9.34. The van der Waals surface area contributed by atoms with Gasteiger partial charge in [-0.25, -0.2) is 0 Å². The third-order valence-electron chi connectivity index (χ3n) is 4.52. The number of fused-ring (bicyclic) bond motifs is 1. The van der Waals surface area contributed by atoms with Crippen LogP contribution in [0.3, 0.4) is 0 Å². The number of nitrogens with zero attached hydrogens (tertiary/aromatic N) is 4. The third kappa shape index (κ3) is 6.00. The molecule has 0 atom stereocenters. The van der Waals surface area contributed by atoms with Crippen LogP contribution >= 0.6 is 24.0 Å². The fraction of sp³-hybridized carbons (Fsp3) is 0.611. The molecular weight excluding hydrogens is 443 g/mol. The van der Waals surface area contributed by atoms with Gasteiger partial charge < -0.3 is 19.6 Å². The second kappa shape index (κ2) is 11.2. The molecule has 0 radical (unpaired) electrons. The number of aryl methyl sites for hydroxylation is 2. The summed E-state index contributed by atoms with van der Waals surface area (Å²) in [5, 5.41) is 15.4. The molecule has 0 unspecified atom stereocenters. The first-order valence-electron chi connectivity index (χ1n) is 9.24. The van der Waals surface area contributed by atoms with Crippen molar-refractivity contribution in [3.05, 3.63) is 35.8 Å². The predicted octanol–water partition coefficient (Wildman–Crippen LogP) is 2.56. The number of hydrogen-bond donors (Lipinski definition) is 2. The Bertz CT molecular complexity index is 667. The predicted molar refractivity (Wildman–Crippen MR) is 113 cm³/mol. The Kier molecular flexibility index (Phi) is 8.93. The fourth-order valence-corrected chi connectivity index (χ4v) is 3.16. The molecule has 26 heavy (non-hydrogen) atoms. The highest BCUT2D eigenvalue weighted by Crippen LogP contribution is 2.15. The lowest BCUT2D eigenvalue weighted by Gasteiger charge is -2.11. The van der Waals surface area contributed by atoms with Gasteiger partial charge in [0.25, 0.3) is 0 Å². The van der Waals surface area contributed by atoms with Crippen molar-refractivity contribution in [2.75, 3.05) is 20.1 Å². The number of hydrogen-bond acceptors (Lipinski definition) is 4. The quantitative estimate of drug-likeness (QED) is 0.280. The summed E-state index contributed by atoms with van der Waals surface area (Å²) < 4.78 is 7.65. The van der Waals surface area contributed by atoms with Gasteiger partial charge in [0.1, 0.15) is 17.4 Å². The second-order valence-corrected chi connectivity index (χ2v) is 6.35. The normalized spacial score (nSPS) is 14.3. The molecule has 0 saturated carbocycles. The minimum atomic E-state index is 0. The van der Waals surface area contributed by atoms with Crippen molar-refractivity contribution < 1.29 is 4.42 Å². The minimum absolute atomic E-state index is 0. The number of aromatic nitrogens is 3. The van der Waals surface area contributed by atoms with Gasteiger partial charge in [0.2, 0.25) is 0 Å². The van der Waals surface area contributed by atoms with Crippen LogP contribution in [0.5, 0.6) is 0 Å². The lowest BCUT2D eigenvalue weighted by molar-refractivity contribution is 0.506. The molecule has 3 rings (SSSR count). The van der Waals surface area contributed by atoms with Gasteiger partial charge in [-0.15, -0.1) is 34.2 Å². The summed E-state index contributed by atoms with van der Waals surface area (Å²) in [7, 11) is 1.79. The molecule has 1 aliphatic rings. The molecule has 7 nitrogen and oxygen atoms in total. The van der Waals surface area contributed by atoms with E-state index in [1.165, 1.54) is 19.3 Å². The van der Waals surface area contributed by atoms with Gasteiger partial charge >= 0.3 is 0 Å². The maximum atomic E-state index is 5.33. The van der Waals surface area contributed by atoms with Crippen LogP contribution in [-0.2, 0) is 25.8 Å². The van der Waals surface area contributed by atoms with Crippen LogP contribution in [0.15, 0.2) is 27.8 Å². The van der Waals surface area contributed by atoms with Gasteiger partial charge in [0.05, 0.1) is 6.26 Å². The van der Waals surface area contributed by atoms with E-state index in [1.807, 2.05) is 12.1 Å². The van der Waals surface area contributed by atoms with Crippen LogP contribution in [0.4, 0.5) is 0 Å². The molecule has 144 valence electrons. The first-order valence-corrected chi connectivity index (χ1v) is 9.24. The van der Waals surface area contributed by atoms with E-state index in [9.17, 15) is 0 Å². The van der Waals surface area contributed by atoms with E-state index in [-0.39, 0.29) is 24.0 Å². The number of furan rings is 1. The topological polar surface area (TPSA) is 80.3 Å². The molecule has 0 aromatic carbocycles. The highest BCUT2D eigenvalue weighted by atomic mass is 127. The molecule has 0 amide bonds. The average molecular weight is 472 g/mol. The molecule has 0 bridgehead atoms. The third-order valence-corrected chi connectivity index (χ3v) is 4.52. The lowest BCUT2D eigenvalue weighted by atomic mass is 10.2. The van der Waals surface area contributed by atoms with Crippen LogP contribution in [0.2, 0.25) is 0 Å². The Hall–Kier alpha value is -1.58. The molecule has 8 heteroatoms. The standard InChI is InChI=1S/C18H28N6O.HI/c1-19-18(21-12-10-15-7-6-14-25-15)20-11-5-9-17-23-22-16-8-3-2-4-13-24(16)17;/h6-7,14H,2-5,8-13H2,1H3,(H2,19,20,21);1H. The summed E-state index contributed by atoms with van der Waals surface area (Å²) in [5.74, 6) is 4.09. The van der Waals surface area contributed by atoms with Gasteiger partial charge in [0, 0.05) is 45.9 Å². The Morgan fingerprint density at radius 1 is 1.19 bits per heavy atom. The fourth-order valence-electron chi connectivity index (χ4n) is 3.16.